The first kappa shape index (κ1) is 12.7. The van der Waals surface area contributed by atoms with E-state index in [4.69, 9.17) is 32.7 Å². The Kier molecular flexibility index (Phi) is 3.31. The van der Waals surface area contributed by atoms with Crippen LogP contribution in [0.2, 0.25) is 10.0 Å². The quantitative estimate of drug-likeness (QED) is 0.742. The Morgan fingerprint density at radius 3 is 2.56 bits per heavy atom. The van der Waals surface area contributed by atoms with E-state index in [2.05, 4.69) is 0 Å². The van der Waals surface area contributed by atoms with Crippen LogP contribution in [0.25, 0.3) is 0 Å². The average Bonchev–Trinajstić information content (AvgIpc) is 2.87. The van der Waals surface area contributed by atoms with Crippen molar-refractivity contribution >= 4 is 23.2 Å². The van der Waals surface area contributed by atoms with Gasteiger partial charge in [-0.25, -0.2) is 0 Å². The first-order valence-corrected chi connectivity index (χ1v) is 7.16. The van der Waals surface area contributed by atoms with E-state index in [9.17, 15) is 0 Å². The molecule has 18 heavy (non-hydrogen) atoms. The lowest BCUT2D eigenvalue weighted by Gasteiger charge is -2.22. The summed E-state index contributed by atoms with van der Waals surface area (Å²) >= 11 is 12.2. The molecule has 1 aromatic carbocycles. The van der Waals surface area contributed by atoms with E-state index in [1.165, 1.54) is 12.8 Å². The van der Waals surface area contributed by atoms with Crippen molar-refractivity contribution in [2.45, 2.75) is 50.6 Å². The molecule has 0 amide bonds. The predicted molar refractivity (Wildman–Crippen MR) is 72.0 cm³/mol. The van der Waals surface area contributed by atoms with Crippen molar-refractivity contribution in [2.24, 2.45) is 0 Å². The lowest BCUT2D eigenvalue weighted by atomic mass is 10.1. The Hall–Kier alpha value is -0.280. The molecule has 0 N–H and O–H groups in total. The Labute approximate surface area is 117 Å². The Morgan fingerprint density at radius 2 is 1.89 bits per heavy atom. The molecule has 0 bridgehead atoms. The van der Waals surface area contributed by atoms with Crippen LogP contribution in [0.5, 0.6) is 0 Å². The molecule has 2 fully saturated rings. The van der Waals surface area contributed by atoms with Crippen molar-refractivity contribution < 1.29 is 9.47 Å². The summed E-state index contributed by atoms with van der Waals surface area (Å²) in [7, 11) is 0. The van der Waals surface area contributed by atoms with Gasteiger partial charge in [0.2, 0.25) is 0 Å². The molecule has 1 aliphatic heterocycles. The summed E-state index contributed by atoms with van der Waals surface area (Å²) in [6.07, 6.45) is 4.26. The van der Waals surface area contributed by atoms with Gasteiger partial charge < -0.3 is 9.47 Å². The summed E-state index contributed by atoms with van der Waals surface area (Å²) in [4.78, 5) is 0. The summed E-state index contributed by atoms with van der Waals surface area (Å²) < 4.78 is 12.2. The molecule has 0 radical (unpaired) electrons. The van der Waals surface area contributed by atoms with E-state index in [1.54, 1.807) is 6.07 Å². The fourth-order valence-electron chi connectivity index (χ4n) is 2.95. The SMILES string of the molecule is C[C@H]1OC2(CCCC2)O[C@@H]1c1ccc(Cl)cc1Cl. The lowest BCUT2D eigenvalue weighted by molar-refractivity contribution is -0.168. The van der Waals surface area contributed by atoms with Crippen LogP contribution in [-0.2, 0) is 9.47 Å². The van der Waals surface area contributed by atoms with E-state index in [-0.39, 0.29) is 18.0 Å². The van der Waals surface area contributed by atoms with E-state index in [0.717, 1.165) is 18.4 Å². The monoisotopic (exact) mass is 286 g/mol. The number of hydrogen-bond acceptors (Lipinski definition) is 2. The molecule has 4 heteroatoms. The highest BCUT2D eigenvalue weighted by molar-refractivity contribution is 6.35. The molecule has 2 atom stereocenters. The molecule has 1 saturated carbocycles. The lowest BCUT2D eigenvalue weighted by Crippen LogP contribution is -2.25. The van der Waals surface area contributed by atoms with Gasteiger partial charge in [-0.1, -0.05) is 29.3 Å². The van der Waals surface area contributed by atoms with Gasteiger partial charge in [0.05, 0.1) is 6.10 Å². The van der Waals surface area contributed by atoms with Gasteiger partial charge in [-0.3, -0.25) is 0 Å². The largest absolute Gasteiger partial charge is 0.344 e. The maximum absolute atomic E-state index is 6.25. The first-order chi connectivity index (χ1) is 8.60. The third-order valence-electron chi connectivity index (χ3n) is 3.80. The van der Waals surface area contributed by atoms with Gasteiger partial charge in [0, 0.05) is 28.5 Å². The zero-order chi connectivity index (χ0) is 12.8. The molecular formula is C14H16Cl2O2. The van der Waals surface area contributed by atoms with Crippen LogP contribution in [0, 0.1) is 0 Å². The molecule has 2 nitrogen and oxygen atoms in total. The average molecular weight is 287 g/mol. The van der Waals surface area contributed by atoms with Gasteiger partial charge in [0.25, 0.3) is 0 Å². The molecule has 1 aliphatic carbocycles. The predicted octanol–water partition coefficient (Wildman–Crippen LogP) is 4.74. The number of benzene rings is 1. The first-order valence-electron chi connectivity index (χ1n) is 6.40. The highest BCUT2D eigenvalue weighted by Crippen LogP contribution is 2.48. The van der Waals surface area contributed by atoms with Gasteiger partial charge in [0.15, 0.2) is 5.79 Å². The van der Waals surface area contributed by atoms with Gasteiger partial charge in [-0.15, -0.1) is 0 Å². The number of halogens is 2. The van der Waals surface area contributed by atoms with E-state index < -0.39 is 0 Å². The van der Waals surface area contributed by atoms with Crippen molar-refractivity contribution in [3.8, 4) is 0 Å². The zero-order valence-corrected chi connectivity index (χ0v) is 11.8. The normalized spacial score (nSPS) is 30.2. The summed E-state index contributed by atoms with van der Waals surface area (Å²) in [5.41, 5.74) is 0.970. The van der Waals surface area contributed by atoms with Crippen LogP contribution in [0.1, 0.15) is 44.3 Å². The molecule has 0 unspecified atom stereocenters. The van der Waals surface area contributed by atoms with Crippen molar-refractivity contribution in [3.63, 3.8) is 0 Å². The second-order valence-corrected chi connectivity index (χ2v) is 5.99. The molecular weight excluding hydrogens is 271 g/mol. The van der Waals surface area contributed by atoms with Gasteiger partial charge in [-0.2, -0.15) is 0 Å². The third kappa shape index (κ3) is 2.16. The molecule has 1 spiro atoms. The van der Waals surface area contributed by atoms with Crippen LogP contribution in [0.15, 0.2) is 18.2 Å². The maximum Gasteiger partial charge on any atom is 0.169 e. The van der Waals surface area contributed by atoms with Crippen molar-refractivity contribution in [3.05, 3.63) is 33.8 Å². The smallest absolute Gasteiger partial charge is 0.169 e. The van der Waals surface area contributed by atoms with Crippen LogP contribution in [0.3, 0.4) is 0 Å². The number of rotatable bonds is 1. The summed E-state index contributed by atoms with van der Waals surface area (Å²) in [5, 5.41) is 1.30. The van der Waals surface area contributed by atoms with Crippen LogP contribution in [-0.4, -0.2) is 11.9 Å². The summed E-state index contributed by atoms with van der Waals surface area (Å²) in [5.74, 6) is -0.368. The van der Waals surface area contributed by atoms with E-state index >= 15 is 0 Å². The fourth-order valence-corrected chi connectivity index (χ4v) is 3.47. The molecule has 1 saturated heterocycles. The van der Waals surface area contributed by atoms with E-state index in [1.807, 2.05) is 19.1 Å². The Morgan fingerprint density at radius 1 is 1.17 bits per heavy atom. The molecule has 98 valence electrons. The zero-order valence-electron chi connectivity index (χ0n) is 10.3. The standard InChI is InChI=1S/C14H16Cl2O2/c1-9-13(11-5-4-10(15)8-12(11)16)18-14(17-9)6-2-3-7-14/h4-5,8-9,13H,2-3,6-7H2,1H3/t9-,13+/m1/s1. The summed E-state index contributed by atoms with van der Waals surface area (Å²) in [6.45, 7) is 2.04. The van der Waals surface area contributed by atoms with Gasteiger partial charge in [-0.05, 0) is 31.9 Å². The Balaban J connectivity index is 1.88. The highest BCUT2D eigenvalue weighted by atomic mass is 35.5. The van der Waals surface area contributed by atoms with Gasteiger partial charge >= 0.3 is 0 Å². The second-order valence-electron chi connectivity index (χ2n) is 5.15. The van der Waals surface area contributed by atoms with Crippen LogP contribution >= 0.6 is 23.2 Å². The minimum absolute atomic E-state index is 0.0294. The van der Waals surface area contributed by atoms with Crippen molar-refractivity contribution in [2.75, 3.05) is 0 Å². The highest BCUT2D eigenvalue weighted by Gasteiger charge is 2.48. The van der Waals surface area contributed by atoms with Gasteiger partial charge in [0.1, 0.15) is 6.10 Å². The summed E-state index contributed by atoms with van der Waals surface area (Å²) in [6, 6.07) is 5.54. The molecule has 1 aromatic rings. The molecule has 2 aliphatic rings. The second kappa shape index (κ2) is 4.68. The molecule has 0 aromatic heterocycles. The maximum atomic E-state index is 6.25. The minimum atomic E-state index is -0.368. The molecule has 1 heterocycles. The third-order valence-corrected chi connectivity index (χ3v) is 4.37. The van der Waals surface area contributed by atoms with Crippen molar-refractivity contribution in [1.82, 2.24) is 0 Å². The minimum Gasteiger partial charge on any atom is -0.344 e. The number of hydrogen-bond donors (Lipinski definition) is 0. The van der Waals surface area contributed by atoms with Crippen LogP contribution < -0.4 is 0 Å². The van der Waals surface area contributed by atoms with Crippen LogP contribution in [0.4, 0.5) is 0 Å². The topological polar surface area (TPSA) is 18.5 Å². The fraction of sp³-hybridized carbons (Fsp3) is 0.571. The van der Waals surface area contributed by atoms with E-state index in [0.29, 0.717) is 10.0 Å². The molecule has 3 rings (SSSR count). The van der Waals surface area contributed by atoms with Crippen molar-refractivity contribution in [1.29, 1.82) is 0 Å². The number of ether oxygens (including phenoxy) is 2. The Bertz CT molecular complexity index is 455.